The van der Waals surface area contributed by atoms with Crippen LogP contribution in [0.15, 0.2) is 65.4 Å². The van der Waals surface area contributed by atoms with Gasteiger partial charge in [0.05, 0.1) is 0 Å². The van der Waals surface area contributed by atoms with Crippen molar-refractivity contribution in [2.75, 3.05) is 13.1 Å². The van der Waals surface area contributed by atoms with Crippen molar-refractivity contribution in [3.63, 3.8) is 0 Å². The smallest absolute Gasteiger partial charge is 0.253 e. The first-order chi connectivity index (χ1) is 13.2. The Hall–Kier alpha value is -2.59. The number of hydrogen-bond acceptors (Lipinski definition) is 3. The van der Waals surface area contributed by atoms with Crippen molar-refractivity contribution in [3.8, 4) is 16.9 Å². The van der Waals surface area contributed by atoms with Crippen molar-refractivity contribution in [2.24, 2.45) is 0 Å². The lowest BCUT2D eigenvalue weighted by Gasteiger charge is -2.32. The molecule has 0 saturated carbocycles. The highest BCUT2D eigenvalue weighted by atomic mass is 32.1. The highest BCUT2D eigenvalue weighted by molar-refractivity contribution is 7.08. The summed E-state index contributed by atoms with van der Waals surface area (Å²) in [5, 5.41) is 4.19. The molecule has 1 saturated heterocycles. The van der Waals surface area contributed by atoms with Crippen LogP contribution < -0.4 is 4.74 Å². The Balaban J connectivity index is 1.33. The number of piperidine rings is 1. The molecule has 138 valence electrons. The topological polar surface area (TPSA) is 29.5 Å². The largest absolute Gasteiger partial charge is 0.490 e. The summed E-state index contributed by atoms with van der Waals surface area (Å²) in [4.78, 5) is 14.7. The Morgan fingerprint density at radius 2 is 1.67 bits per heavy atom. The van der Waals surface area contributed by atoms with Crippen LogP contribution in [0.5, 0.6) is 5.75 Å². The third-order valence-corrected chi connectivity index (χ3v) is 5.72. The number of rotatable bonds is 4. The number of benzene rings is 2. The fourth-order valence-corrected chi connectivity index (χ4v) is 4.07. The Kier molecular flexibility index (Phi) is 5.26. The average Bonchev–Trinajstić information content (AvgIpc) is 3.25. The number of carbonyl (C=O) groups is 1. The van der Waals surface area contributed by atoms with Gasteiger partial charge in [0, 0.05) is 31.5 Å². The van der Waals surface area contributed by atoms with Crippen LogP contribution in [0.4, 0.5) is 0 Å². The van der Waals surface area contributed by atoms with Gasteiger partial charge in [-0.3, -0.25) is 4.79 Å². The van der Waals surface area contributed by atoms with E-state index in [9.17, 15) is 4.79 Å². The number of thiophene rings is 1. The first kappa shape index (κ1) is 17.8. The lowest BCUT2D eigenvalue weighted by Crippen LogP contribution is -2.41. The molecule has 0 bridgehead atoms. The minimum absolute atomic E-state index is 0.112. The first-order valence-corrected chi connectivity index (χ1v) is 10.3. The van der Waals surface area contributed by atoms with Gasteiger partial charge in [-0.2, -0.15) is 11.3 Å². The van der Waals surface area contributed by atoms with Gasteiger partial charge < -0.3 is 9.64 Å². The van der Waals surface area contributed by atoms with Crippen molar-refractivity contribution >= 4 is 17.2 Å². The molecule has 0 spiro atoms. The number of likely N-dealkylation sites (tertiary alicyclic amines) is 1. The molecule has 2 heterocycles. The summed E-state index contributed by atoms with van der Waals surface area (Å²) in [5.41, 5.74) is 4.34. The van der Waals surface area contributed by atoms with Gasteiger partial charge >= 0.3 is 0 Å². The predicted molar refractivity (Wildman–Crippen MR) is 110 cm³/mol. The van der Waals surface area contributed by atoms with E-state index in [1.54, 1.807) is 11.3 Å². The minimum atomic E-state index is 0.112. The van der Waals surface area contributed by atoms with Crippen LogP contribution in [0.2, 0.25) is 0 Å². The molecule has 2 aromatic carbocycles. The zero-order chi connectivity index (χ0) is 18.6. The third kappa shape index (κ3) is 4.22. The van der Waals surface area contributed by atoms with E-state index in [2.05, 4.69) is 35.9 Å². The van der Waals surface area contributed by atoms with Crippen LogP contribution in [-0.2, 0) is 0 Å². The Morgan fingerprint density at radius 1 is 0.963 bits per heavy atom. The van der Waals surface area contributed by atoms with Gasteiger partial charge in [-0.15, -0.1) is 0 Å². The van der Waals surface area contributed by atoms with Gasteiger partial charge in [-0.05, 0) is 59.1 Å². The zero-order valence-corrected chi connectivity index (χ0v) is 16.2. The van der Waals surface area contributed by atoms with E-state index in [1.165, 1.54) is 11.1 Å². The number of amides is 1. The predicted octanol–water partition coefficient (Wildman–Crippen LogP) is 5.41. The Morgan fingerprint density at radius 3 is 2.30 bits per heavy atom. The summed E-state index contributed by atoms with van der Waals surface area (Å²) in [6.07, 6.45) is 1.91. The van der Waals surface area contributed by atoms with Gasteiger partial charge in [0.25, 0.3) is 5.91 Å². The number of carbonyl (C=O) groups excluding carboxylic acids is 1. The highest BCUT2D eigenvalue weighted by Crippen LogP contribution is 2.24. The molecular weight excluding hydrogens is 354 g/mol. The molecule has 27 heavy (non-hydrogen) atoms. The molecule has 0 N–H and O–H groups in total. The van der Waals surface area contributed by atoms with Crippen LogP contribution in [-0.4, -0.2) is 30.0 Å². The summed E-state index contributed by atoms with van der Waals surface area (Å²) >= 11 is 1.68. The molecule has 4 heteroatoms. The monoisotopic (exact) mass is 377 g/mol. The molecule has 0 atom stereocenters. The van der Waals surface area contributed by atoms with Crippen LogP contribution >= 0.6 is 11.3 Å². The first-order valence-electron chi connectivity index (χ1n) is 9.34. The number of nitrogens with zero attached hydrogens (tertiary/aromatic N) is 1. The second-order valence-corrected chi connectivity index (χ2v) is 7.79. The quantitative estimate of drug-likeness (QED) is 0.609. The molecule has 1 amide bonds. The maximum Gasteiger partial charge on any atom is 0.253 e. The van der Waals surface area contributed by atoms with Gasteiger partial charge in [0.1, 0.15) is 11.9 Å². The molecule has 1 aromatic heterocycles. The molecule has 0 aliphatic carbocycles. The Bertz CT molecular complexity index is 877. The van der Waals surface area contributed by atoms with Gasteiger partial charge in [-0.25, -0.2) is 0 Å². The summed E-state index contributed by atoms with van der Waals surface area (Å²) in [5.74, 6) is 1.02. The van der Waals surface area contributed by atoms with Crippen LogP contribution in [0, 0.1) is 6.92 Å². The number of ether oxygens (including phenoxy) is 1. The van der Waals surface area contributed by atoms with E-state index in [-0.39, 0.29) is 12.0 Å². The lowest BCUT2D eigenvalue weighted by molar-refractivity contribution is 0.0595. The molecule has 1 fully saturated rings. The summed E-state index contributed by atoms with van der Waals surface area (Å²) < 4.78 is 6.06. The fraction of sp³-hybridized carbons (Fsp3) is 0.261. The second kappa shape index (κ2) is 7.97. The molecular formula is C23H23NO2S. The molecule has 1 aliphatic rings. The minimum Gasteiger partial charge on any atom is -0.490 e. The van der Waals surface area contributed by atoms with E-state index in [0.717, 1.165) is 42.8 Å². The van der Waals surface area contributed by atoms with E-state index in [0.29, 0.717) is 0 Å². The van der Waals surface area contributed by atoms with Crippen LogP contribution in [0.25, 0.3) is 11.1 Å². The maximum absolute atomic E-state index is 12.8. The third-order valence-electron chi connectivity index (χ3n) is 5.04. The number of hydrogen-bond donors (Lipinski definition) is 0. The maximum atomic E-state index is 12.8. The summed E-state index contributed by atoms with van der Waals surface area (Å²) in [6, 6.07) is 18.2. The summed E-state index contributed by atoms with van der Waals surface area (Å²) in [6.45, 7) is 3.55. The van der Waals surface area contributed by atoms with Crippen molar-refractivity contribution in [3.05, 3.63) is 76.5 Å². The highest BCUT2D eigenvalue weighted by Gasteiger charge is 2.24. The van der Waals surface area contributed by atoms with E-state index < -0.39 is 0 Å². The molecule has 0 unspecified atom stereocenters. The Labute approximate surface area is 164 Å². The number of aryl methyl sites for hydroxylation is 1. The van der Waals surface area contributed by atoms with Crippen LogP contribution in [0.3, 0.4) is 0 Å². The SMILES string of the molecule is Cc1ccc(OC2CCN(C(=O)c3ccc(-c4ccsc4)cc3)CC2)cc1. The average molecular weight is 378 g/mol. The van der Waals surface area contributed by atoms with Crippen LogP contribution in [0.1, 0.15) is 28.8 Å². The van der Waals surface area contributed by atoms with Gasteiger partial charge in [-0.1, -0.05) is 29.8 Å². The lowest BCUT2D eigenvalue weighted by atomic mass is 10.0. The van der Waals surface area contributed by atoms with E-state index in [4.69, 9.17) is 4.74 Å². The molecule has 0 radical (unpaired) electrons. The zero-order valence-electron chi connectivity index (χ0n) is 15.4. The molecule has 3 nitrogen and oxygen atoms in total. The normalized spacial score (nSPS) is 14.9. The second-order valence-electron chi connectivity index (χ2n) is 7.01. The summed E-state index contributed by atoms with van der Waals surface area (Å²) in [7, 11) is 0. The molecule has 3 aromatic rings. The molecule has 1 aliphatic heterocycles. The van der Waals surface area contributed by atoms with Gasteiger partial charge in [0.2, 0.25) is 0 Å². The fourth-order valence-electron chi connectivity index (χ4n) is 3.40. The van der Waals surface area contributed by atoms with Crippen molar-refractivity contribution < 1.29 is 9.53 Å². The van der Waals surface area contributed by atoms with Crippen molar-refractivity contribution in [1.82, 2.24) is 4.90 Å². The van der Waals surface area contributed by atoms with Crippen molar-refractivity contribution in [2.45, 2.75) is 25.9 Å². The molecule has 4 rings (SSSR count). The van der Waals surface area contributed by atoms with Gasteiger partial charge in [0.15, 0.2) is 0 Å². The van der Waals surface area contributed by atoms with E-state index >= 15 is 0 Å². The van der Waals surface area contributed by atoms with E-state index in [1.807, 2.05) is 41.3 Å². The standard InChI is InChI=1S/C23H23NO2S/c1-17-2-8-21(9-3-17)26-22-10-13-24(14-11-22)23(25)19-6-4-18(5-7-19)20-12-15-27-16-20/h2-9,12,15-16,22H,10-11,13-14H2,1H3. The van der Waals surface area contributed by atoms with Crippen molar-refractivity contribution in [1.29, 1.82) is 0 Å².